The van der Waals surface area contributed by atoms with Gasteiger partial charge in [-0.1, -0.05) is 23.7 Å². The summed E-state index contributed by atoms with van der Waals surface area (Å²) in [6.07, 6.45) is 1.69. The van der Waals surface area contributed by atoms with Crippen LogP contribution in [-0.4, -0.2) is 27.7 Å². The predicted octanol–water partition coefficient (Wildman–Crippen LogP) is -1.82. The fourth-order valence-electron chi connectivity index (χ4n) is 3.20. The Morgan fingerprint density at radius 2 is 1.96 bits per heavy atom. The zero-order chi connectivity index (χ0) is 16.1. The Balaban J connectivity index is 0.00000169. The molecular weight excluding hydrogens is 441 g/mol. The molecule has 2 aromatic heterocycles. The van der Waals surface area contributed by atoms with E-state index in [2.05, 4.69) is 14.5 Å². The lowest BCUT2D eigenvalue weighted by Crippen LogP contribution is -3.00. The van der Waals surface area contributed by atoms with E-state index in [1.807, 2.05) is 42.9 Å². The molecule has 24 heavy (non-hydrogen) atoms. The van der Waals surface area contributed by atoms with Crippen molar-refractivity contribution < 1.29 is 28.5 Å². The molecule has 6 nitrogen and oxygen atoms in total. The fourth-order valence-corrected chi connectivity index (χ4v) is 3.33. The van der Waals surface area contributed by atoms with E-state index in [1.165, 1.54) is 0 Å². The van der Waals surface area contributed by atoms with E-state index in [-0.39, 0.29) is 29.5 Å². The summed E-state index contributed by atoms with van der Waals surface area (Å²) < 4.78 is 5.73. The third kappa shape index (κ3) is 2.59. The monoisotopic (exact) mass is 457 g/mol. The van der Waals surface area contributed by atoms with E-state index in [9.17, 15) is 4.79 Å². The van der Waals surface area contributed by atoms with Crippen LogP contribution in [0.25, 0.3) is 11.2 Å². The van der Waals surface area contributed by atoms with Crippen molar-refractivity contribution >= 4 is 28.7 Å². The largest absolute Gasteiger partial charge is 1.00 e. The highest BCUT2D eigenvalue weighted by atomic mass is 127. The Morgan fingerprint density at radius 1 is 1.25 bits per heavy atom. The summed E-state index contributed by atoms with van der Waals surface area (Å²) in [5.41, 5.74) is 2.49. The number of likely N-dealkylation sites (N-methyl/N-ethyl adjacent to an activating group) is 1. The molecule has 0 unspecified atom stereocenters. The van der Waals surface area contributed by atoms with Gasteiger partial charge in [-0.15, -0.1) is 0 Å². The Bertz CT molecular complexity index is 963. The molecule has 1 aliphatic heterocycles. The Kier molecular flexibility index (Phi) is 4.56. The summed E-state index contributed by atoms with van der Waals surface area (Å²) in [6, 6.07) is 7.76. The lowest BCUT2D eigenvalue weighted by atomic mass is 10.2. The molecule has 0 bridgehead atoms. The normalized spacial score (nSPS) is 13.2. The number of fused-ring (bicyclic) bond motifs is 2. The van der Waals surface area contributed by atoms with Crippen molar-refractivity contribution in [2.45, 2.75) is 13.1 Å². The zero-order valence-electron chi connectivity index (χ0n) is 13.4. The van der Waals surface area contributed by atoms with Crippen molar-refractivity contribution in [2.75, 3.05) is 18.5 Å². The maximum Gasteiger partial charge on any atom is 0.364 e. The van der Waals surface area contributed by atoms with Gasteiger partial charge < -0.3 is 28.5 Å². The van der Waals surface area contributed by atoms with Gasteiger partial charge in [-0.25, -0.2) is 14.3 Å². The number of benzene rings is 1. The van der Waals surface area contributed by atoms with Crippen LogP contribution in [0.1, 0.15) is 5.56 Å². The predicted molar refractivity (Wildman–Crippen MR) is 89.0 cm³/mol. The standard InChI is InChI=1S/C16H17ClN5O.HI/c1-19-7-8-21-15(23)13-14(18-10-20(13)2)22(16(19)21)9-11-3-5-12(17)6-4-11;/h3-6,10H,7-9H2,1-2H3;1H/q+1;/p-1. The van der Waals surface area contributed by atoms with E-state index < -0.39 is 0 Å². The number of hydrogen-bond acceptors (Lipinski definition) is 3. The molecule has 0 fully saturated rings. The number of nitrogens with zero attached hydrogens (tertiary/aromatic N) is 5. The summed E-state index contributed by atoms with van der Waals surface area (Å²) in [6.45, 7) is 2.17. The van der Waals surface area contributed by atoms with Crippen molar-refractivity contribution in [1.82, 2.24) is 14.1 Å². The summed E-state index contributed by atoms with van der Waals surface area (Å²) in [7, 11) is 3.86. The molecule has 0 saturated carbocycles. The van der Waals surface area contributed by atoms with Crippen LogP contribution >= 0.6 is 11.6 Å². The first kappa shape index (κ1) is 17.2. The maximum absolute atomic E-state index is 12.7. The summed E-state index contributed by atoms with van der Waals surface area (Å²) in [5, 5.41) is 0.716. The molecule has 0 saturated heterocycles. The highest BCUT2D eigenvalue weighted by Crippen LogP contribution is 2.20. The second-order valence-electron chi connectivity index (χ2n) is 5.92. The molecule has 1 aliphatic rings. The van der Waals surface area contributed by atoms with Gasteiger partial charge >= 0.3 is 11.5 Å². The van der Waals surface area contributed by atoms with Crippen LogP contribution in [0.5, 0.6) is 0 Å². The SMILES string of the molecule is CN1CC[n+]2c1n(Cc1ccc(Cl)cc1)c1ncn(C)c1c2=O.[I-]. The van der Waals surface area contributed by atoms with Crippen LogP contribution < -0.4 is 39.0 Å². The summed E-state index contributed by atoms with van der Waals surface area (Å²) >= 11 is 5.97. The highest BCUT2D eigenvalue weighted by molar-refractivity contribution is 6.30. The second-order valence-corrected chi connectivity index (χ2v) is 6.36. The molecule has 126 valence electrons. The van der Waals surface area contributed by atoms with Gasteiger partial charge in [0.15, 0.2) is 5.52 Å². The number of anilines is 1. The molecular formula is C16H17ClIN5O. The van der Waals surface area contributed by atoms with Crippen LogP contribution in [0.2, 0.25) is 5.02 Å². The molecule has 1 aromatic carbocycles. The summed E-state index contributed by atoms with van der Waals surface area (Å²) in [5.74, 6) is 0.899. The summed E-state index contributed by atoms with van der Waals surface area (Å²) in [4.78, 5) is 19.3. The van der Waals surface area contributed by atoms with Crippen LogP contribution in [0.4, 0.5) is 5.95 Å². The Hall–Kier alpha value is -1.61. The topological polar surface area (TPSA) is 46.9 Å². The average molecular weight is 458 g/mol. The number of imidazole rings is 1. The van der Waals surface area contributed by atoms with Crippen molar-refractivity contribution in [1.29, 1.82) is 0 Å². The van der Waals surface area contributed by atoms with Crippen LogP contribution in [0, 0.1) is 0 Å². The zero-order valence-corrected chi connectivity index (χ0v) is 16.3. The van der Waals surface area contributed by atoms with E-state index in [0.29, 0.717) is 29.3 Å². The van der Waals surface area contributed by atoms with Crippen molar-refractivity contribution in [3.05, 3.63) is 51.5 Å². The van der Waals surface area contributed by atoms with Gasteiger partial charge in [0.2, 0.25) is 5.65 Å². The molecule has 0 radical (unpaired) electrons. The van der Waals surface area contributed by atoms with Crippen LogP contribution in [0.3, 0.4) is 0 Å². The second kappa shape index (κ2) is 6.36. The van der Waals surface area contributed by atoms with Crippen molar-refractivity contribution in [3.63, 3.8) is 0 Å². The minimum atomic E-state index is 0. The van der Waals surface area contributed by atoms with Crippen molar-refractivity contribution in [3.8, 4) is 0 Å². The average Bonchev–Trinajstić information content (AvgIpc) is 3.10. The molecule has 3 aromatic rings. The molecule has 3 heterocycles. The van der Waals surface area contributed by atoms with Gasteiger partial charge in [0.1, 0.15) is 6.54 Å². The van der Waals surface area contributed by atoms with Gasteiger partial charge in [-0.2, -0.15) is 4.57 Å². The highest BCUT2D eigenvalue weighted by Gasteiger charge is 2.33. The molecule has 0 aliphatic carbocycles. The van der Waals surface area contributed by atoms with Gasteiger partial charge in [-0.3, -0.25) is 4.90 Å². The lowest BCUT2D eigenvalue weighted by Gasteiger charge is -2.12. The first-order valence-corrected chi connectivity index (χ1v) is 7.87. The third-order valence-electron chi connectivity index (χ3n) is 4.36. The van der Waals surface area contributed by atoms with Crippen LogP contribution in [0.15, 0.2) is 35.4 Å². The van der Waals surface area contributed by atoms with Gasteiger partial charge in [-0.05, 0) is 17.7 Å². The quantitative estimate of drug-likeness (QED) is 0.336. The number of halogens is 2. The molecule has 0 N–H and O–H groups in total. The first-order chi connectivity index (χ1) is 11.1. The third-order valence-corrected chi connectivity index (χ3v) is 4.61. The molecule has 0 amide bonds. The van der Waals surface area contributed by atoms with Gasteiger partial charge in [0.25, 0.3) is 0 Å². The lowest BCUT2D eigenvalue weighted by molar-refractivity contribution is -0.686. The van der Waals surface area contributed by atoms with Crippen LogP contribution in [-0.2, 0) is 20.1 Å². The smallest absolute Gasteiger partial charge is 0.364 e. The van der Waals surface area contributed by atoms with E-state index in [4.69, 9.17) is 11.6 Å². The van der Waals surface area contributed by atoms with Crippen molar-refractivity contribution in [2.24, 2.45) is 7.05 Å². The molecule has 0 spiro atoms. The Morgan fingerprint density at radius 3 is 2.67 bits per heavy atom. The molecule has 4 rings (SSSR count). The van der Waals surface area contributed by atoms with Gasteiger partial charge in [0.05, 0.1) is 26.5 Å². The maximum atomic E-state index is 12.7. The van der Waals surface area contributed by atoms with E-state index >= 15 is 0 Å². The number of aromatic nitrogens is 4. The number of aryl methyl sites for hydroxylation is 1. The fraction of sp³-hybridized carbons (Fsp3) is 0.312. The first-order valence-electron chi connectivity index (χ1n) is 7.49. The van der Waals surface area contributed by atoms with E-state index in [1.54, 1.807) is 10.9 Å². The number of rotatable bonds is 2. The molecule has 8 heteroatoms. The van der Waals surface area contributed by atoms with E-state index in [0.717, 1.165) is 18.1 Å². The minimum absolute atomic E-state index is 0. The molecule has 0 atom stereocenters. The Labute approximate surface area is 161 Å². The minimum Gasteiger partial charge on any atom is -1.00 e. The number of hydrogen-bond donors (Lipinski definition) is 0. The van der Waals surface area contributed by atoms with Gasteiger partial charge in [0, 0.05) is 12.1 Å².